The van der Waals surface area contributed by atoms with Crippen LogP contribution >= 0.6 is 0 Å². The number of ether oxygens (including phenoxy) is 1. The molecular weight excluding hydrogens is 461 g/mol. The van der Waals surface area contributed by atoms with Crippen molar-refractivity contribution in [1.29, 1.82) is 0 Å². The second-order valence-corrected chi connectivity index (χ2v) is 9.90. The molecule has 0 aromatic heterocycles. The van der Waals surface area contributed by atoms with Crippen LogP contribution in [0.2, 0.25) is 0 Å². The van der Waals surface area contributed by atoms with Gasteiger partial charge in [-0.3, -0.25) is 9.59 Å². The van der Waals surface area contributed by atoms with E-state index in [4.69, 9.17) is 4.74 Å². The molecule has 2 atom stereocenters. The standard InChI is InChI=1S/C28H34FN3O4/c1-3-8-22(30-27(35)36-18-20-10-5-4-6-11-20)26(34)32-15-13-28(14-16-32)17-23(28)31-25(33)24-19(2)9-7-12-21(24)29/h4-7,9-12,22-23H,3,8,13-18H2,1-2H3,(H,30,35)(H,31,33)/t22-,23?/m1/s1. The Balaban J connectivity index is 1.27. The van der Waals surface area contributed by atoms with Gasteiger partial charge in [-0.25, -0.2) is 9.18 Å². The maximum Gasteiger partial charge on any atom is 0.408 e. The van der Waals surface area contributed by atoms with Crippen molar-refractivity contribution in [1.82, 2.24) is 15.5 Å². The predicted molar refractivity (Wildman–Crippen MR) is 134 cm³/mol. The van der Waals surface area contributed by atoms with Gasteiger partial charge >= 0.3 is 6.09 Å². The van der Waals surface area contributed by atoms with E-state index < -0.39 is 18.0 Å². The van der Waals surface area contributed by atoms with Crippen molar-refractivity contribution < 1.29 is 23.5 Å². The molecule has 1 aliphatic carbocycles. The number of benzene rings is 2. The number of piperidine rings is 1. The maximum absolute atomic E-state index is 14.2. The van der Waals surface area contributed by atoms with Gasteiger partial charge in [0.2, 0.25) is 5.91 Å². The molecule has 192 valence electrons. The molecule has 1 aliphatic heterocycles. The van der Waals surface area contributed by atoms with E-state index in [2.05, 4.69) is 10.6 Å². The molecule has 0 radical (unpaired) electrons. The highest BCUT2D eigenvalue weighted by molar-refractivity contribution is 5.96. The molecule has 1 saturated carbocycles. The lowest BCUT2D eigenvalue weighted by molar-refractivity contribution is -0.135. The molecule has 2 aliphatic rings. The molecule has 1 saturated heterocycles. The first-order valence-corrected chi connectivity index (χ1v) is 12.6. The third kappa shape index (κ3) is 5.86. The van der Waals surface area contributed by atoms with Crippen LogP contribution in [0.4, 0.5) is 9.18 Å². The molecule has 8 heteroatoms. The van der Waals surface area contributed by atoms with Gasteiger partial charge in [0.05, 0.1) is 5.56 Å². The van der Waals surface area contributed by atoms with Crippen LogP contribution in [0.5, 0.6) is 0 Å². The zero-order chi connectivity index (χ0) is 25.7. The van der Waals surface area contributed by atoms with Crippen molar-refractivity contribution in [2.75, 3.05) is 13.1 Å². The molecule has 2 aromatic carbocycles. The minimum Gasteiger partial charge on any atom is -0.445 e. The van der Waals surface area contributed by atoms with Gasteiger partial charge in [-0.1, -0.05) is 55.8 Å². The van der Waals surface area contributed by atoms with E-state index >= 15 is 0 Å². The molecule has 1 spiro atoms. The minimum atomic E-state index is -0.633. The summed E-state index contributed by atoms with van der Waals surface area (Å²) < 4.78 is 19.5. The van der Waals surface area contributed by atoms with Crippen molar-refractivity contribution >= 4 is 17.9 Å². The van der Waals surface area contributed by atoms with Gasteiger partial charge in [0.25, 0.3) is 5.91 Å². The Kier molecular flexibility index (Phi) is 7.91. The Morgan fingerprint density at radius 2 is 1.83 bits per heavy atom. The smallest absolute Gasteiger partial charge is 0.408 e. The molecule has 7 nitrogen and oxygen atoms in total. The van der Waals surface area contributed by atoms with Crippen molar-refractivity contribution in [2.45, 2.75) is 64.6 Å². The third-order valence-electron chi connectivity index (χ3n) is 7.40. The lowest BCUT2D eigenvalue weighted by Crippen LogP contribution is -2.51. The number of amides is 3. The van der Waals surface area contributed by atoms with Gasteiger partial charge in [-0.15, -0.1) is 0 Å². The zero-order valence-electron chi connectivity index (χ0n) is 20.9. The number of alkyl carbamates (subject to hydrolysis) is 1. The second kappa shape index (κ2) is 11.1. The van der Waals surface area contributed by atoms with Gasteiger partial charge in [0.1, 0.15) is 18.5 Å². The van der Waals surface area contributed by atoms with Crippen LogP contribution in [-0.4, -0.2) is 48.0 Å². The van der Waals surface area contributed by atoms with Crippen LogP contribution < -0.4 is 10.6 Å². The predicted octanol–water partition coefficient (Wildman–Crippen LogP) is 4.34. The van der Waals surface area contributed by atoms with E-state index in [0.29, 0.717) is 25.1 Å². The van der Waals surface area contributed by atoms with Crippen LogP contribution in [0.15, 0.2) is 48.5 Å². The quantitative estimate of drug-likeness (QED) is 0.570. The van der Waals surface area contributed by atoms with E-state index in [1.807, 2.05) is 37.3 Å². The number of hydrogen-bond donors (Lipinski definition) is 2. The van der Waals surface area contributed by atoms with E-state index in [-0.39, 0.29) is 35.4 Å². The Morgan fingerprint density at radius 1 is 1.11 bits per heavy atom. The molecule has 1 heterocycles. The van der Waals surface area contributed by atoms with E-state index in [1.165, 1.54) is 6.07 Å². The van der Waals surface area contributed by atoms with Gasteiger partial charge in [0.15, 0.2) is 0 Å². The number of rotatable bonds is 8. The summed E-state index contributed by atoms with van der Waals surface area (Å²) in [6.45, 7) is 4.96. The van der Waals surface area contributed by atoms with Crippen molar-refractivity contribution in [3.63, 3.8) is 0 Å². The average molecular weight is 496 g/mol. The molecule has 2 aromatic rings. The summed E-state index contributed by atoms with van der Waals surface area (Å²) in [6.07, 6.45) is 3.02. The highest BCUT2D eigenvalue weighted by Crippen LogP contribution is 2.54. The molecule has 2 N–H and O–H groups in total. The van der Waals surface area contributed by atoms with Gasteiger partial charge in [0, 0.05) is 19.1 Å². The minimum absolute atomic E-state index is 0.0150. The van der Waals surface area contributed by atoms with E-state index in [9.17, 15) is 18.8 Å². The van der Waals surface area contributed by atoms with Gasteiger partial charge in [-0.05, 0) is 55.2 Å². The summed E-state index contributed by atoms with van der Waals surface area (Å²) >= 11 is 0. The van der Waals surface area contributed by atoms with Gasteiger partial charge < -0.3 is 20.3 Å². The lowest BCUT2D eigenvalue weighted by atomic mass is 9.92. The average Bonchev–Trinajstić information content (AvgIpc) is 3.53. The maximum atomic E-state index is 14.2. The topological polar surface area (TPSA) is 87.7 Å². The number of halogens is 1. The first kappa shape index (κ1) is 25.7. The van der Waals surface area contributed by atoms with Crippen molar-refractivity contribution in [3.8, 4) is 0 Å². The molecule has 3 amide bonds. The fraction of sp³-hybridized carbons (Fsp3) is 0.464. The molecule has 36 heavy (non-hydrogen) atoms. The van der Waals surface area contributed by atoms with Crippen LogP contribution in [0, 0.1) is 18.2 Å². The molecule has 2 fully saturated rings. The highest BCUT2D eigenvalue weighted by atomic mass is 19.1. The van der Waals surface area contributed by atoms with Crippen LogP contribution in [0.25, 0.3) is 0 Å². The van der Waals surface area contributed by atoms with Crippen LogP contribution in [0.3, 0.4) is 0 Å². The summed E-state index contributed by atoms with van der Waals surface area (Å²) in [7, 11) is 0. The Hall–Kier alpha value is -3.42. The second-order valence-electron chi connectivity index (χ2n) is 9.90. The van der Waals surface area contributed by atoms with Crippen LogP contribution in [0.1, 0.15) is 60.5 Å². The third-order valence-corrected chi connectivity index (χ3v) is 7.40. The first-order chi connectivity index (χ1) is 17.3. The summed E-state index contributed by atoms with van der Waals surface area (Å²) in [6, 6.07) is 13.4. The largest absolute Gasteiger partial charge is 0.445 e. The number of hydrogen-bond acceptors (Lipinski definition) is 4. The fourth-order valence-electron chi connectivity index (χ4n) is 5.10. The van der Waals surface area contributed by atoms with Crippen molar-refractivity contribution in [2.24, 2.45) is 5.41 Å². The lowest BCUT2D eigenvalue weighted by Gasteiger charge is -2.35. The summed E-state index contributed by atoms with van der Waals surface area (Å²) in [4.78, 5) is 40.0. The Labute approximate surface area is 211 Å². The van der Waals surface area contributed by atoms with Crippen LogP contribution in [-0.2, 0) is 16.1 Å². The molecule has 1 unspecified atom stereocenters. The number of nitrogens with one attached hydrogen (secondary N) is 2. The number of carbonyl (C=O) groups excluding carboxylic acids is 3. The number of aryl methyl sites for hydroxylation is 1. The Morgan fingerprint density at radius 3 is 2.50 bits per heavy atom. The number of carbonyl (C=O) groups is 3. The highest BCUT2D eigenvalue weighted by Gasteiger charge is 2.56. The summed E-state index contributed by atoms with van der Waals surface area (Å²) in [5.41, 5.74) is 1.54. The summed E-state index contributed by atoms with van der Waals surface area (Å²) in [5.74, 6) is -1.00. The van der Waals surface area contributed by atoms with Gasteiger partial charge in [-0.2, -0.15) is 0 Å². The first-order valence-electron chi connectivity index (χ1n) is 12.6. The molecular formula is C28H34FN3O4. The number of likely N-dealkylation sites (tertiary alicyclic amines) is 1. The Bertz CT molecular complexity index is 1080. The monoisotopic (exact) mass is 495 g/mol. The molecule has 4 rings (SSSR count). The van der Waals surface area contributed by atoms with E-state index in [0.717, 1.165) is 31.2 Å². The number of nitrogens with zero attached hydrogens (tertiary/aromatic N) is 1. The van der Waals surface area contributed by atoms with Crippen molar-refractivity contribution in [3.05, 3.63) is 71.0 Å². The van der Waals surface area contributed by atoms with E-state index in [1.54, 1.807) is 24.0 Å². The normalized spacial score (nSPS) is 18.9. The SMILES string of the molecule is CCC[C@@H](NC(=O)OCc1ccccc1)C(=O)N1CCC2(CC1)CC2NC(=O)c1c(C)cccc1F. The fourth-order valence-corrected chi connectivity index (χ4v) is 5.10. The summed E-state index contributed by atoms with van der Waals surface area (Å²) in [5, 5.41) is 5.74. The molecule has 0 bridgehead atoms. The zero-order valence-corrected chi connectivity index (χ0v) is 20.9.